The van der Waals surface area contributed by atoms with Crippen LogP contribution in [0.5, 0.6) is 0 Å². The molecule has 0 aromatic heterocycles. The molecule has 0 fully saturated rings. The van der Waals surface area contributed by atoms with E-state index in [1.807, 2.05) is 24.3 Å². The molecule has 0 aliphatic carbocycles. The highest BCUT2D eigenvalue weighted by molar-refractivity contribution is 9.10. The van der Waals surface area contributed by atoms with Crippen LogP contribution in [-0.4, -0.2) is 23.8 Å². The molecule has 0 amide bonds. The maximum Gasteiger partial charge on any atom is 0.126 e. The third kappa shape index (κ3) is 5.99. The third-order valence-electron chi connectivity index (χ3n) is 3.46. The molecule has 0 saturated carbocycles. The van der Waals surface area contributed by atoms with Crippen molar-refractivity contribution in [3.63, 3.8) is 0 Å². The lowest BCUT2D eigenvalue weighted by molar-refractivity contribution is 0.141. The van der Waals surface area contributed by atoms with E-state index < -0.39 is 23.8 Å². The van der Waals surface area contributed by atoms with E-state index >= 15 is 0 Å². The van der Waals surface area contributed by atoms with E-state index in [9.17, 15) is 13.9 Å². The van der Waals surface area contributed by atoms with Crippen LogP contribution in [0.2, 0.25) is 0 Å². The number of aliphatic hydroxyl groups is 1. The molecule has 2 rings (SSSR count). The number of nitrogens with one attached hydrogen (secondary N) is 1. The summed E-state index contributed by atoms with van der Waals surface area (Å²) in [6.07, 6.45) is -0.609. The van der Waals surface area contributed by atoms with Gasteiger partial charge in [0.15, 0.2) is 0 Å². The molecule has 0 spiro atoms. The zero-order valence-electron chi connectivity index (χ0n) is 12.5. The largest absolute Gasteiger partial charge is 0.390 e. The second-order valence-electron chi connectivity index (χ2n) is 5.47. The van der Waals surface area contributed by atoms with Crippen molar-refractivity contribution in [3.05, 3.63) is 69.7 Å². The lowest BCUT2D eigenvalue weighted by Gasteiger charge is -2.19. The second kappa shape index (κ2) is 8.49. The van der Waals surface area contributed by atoms with E-state index in [4.69, 9.17) is 5.73 Å². The molecule has 6 heteroatoms. The van der Waals surface area contributed by atoms with Crippen molar-refractivity contribution in [2.24, 2.45) is 5.73 Å². The smallest absolute Gasteiger partial charge is 0.126 e. The molecule has 124 valence electrons. The molecule has 0 aliphatic heterocycles. The quantitative estimate of drug-likeness (QED) is 0.687. The predicted molar refractivity (Wildman–Crippen MR) is 89.9 cm³/mol. The molecule has 0 radical (unpaired) electrons. The van der Waals surface area contributed by atoms with Gasteiger partial charge in [-0.1, -0.05) is 28.1 Å². The van der Waals surface area contributed by atoms with Gasteiger partial charge in [-0.25, -0.2) is 8.78 Å². The van der Waals surface area contributed by atoms with Crippen LogP contribution < -0.4 is 11.1 Å². The Balaban J connectivity index is 1.81. The Kier molecular flexibility index (Phi) is 6.65. The van der Waals surface area contributed by atoms with Crippen LogP contribution >= 0.6 is 15.9 Å². The van der Waals surface area contributed by atoms with Gasteiger partial charge in [0.25, 0.3) is 0 Å². The number of aliphatic hydroxyl groups excluding tert-OH is 1. The highest BCUT2D eigenvalue weighted by Gasteiger charge is 2.16. The minimum Gasteiger partial charge on any atom is -0.390 e. The van der Waals surface area contributed by atoms with E-state index in [-0.39, 0.29) is 6.42 Å². The third-order valence-corrected chi connectivity index (χ3v) is 3.95. The molecule has 1 unspecified atom stereocenters. The van der Waals surface area contributed by atoms with Crippen molar-refractivity contribution in [2.45, 2.75) is 25.1 Å². The Morgan fingerprint density at radius 1 is 1.09 bits per heavy atom. The van der Waals surface area contributed by atoms with Crippen LogP contribution in [0.25, 0.3) is 0 Å². The lowest BCUT2D eigenvalue weighted by Crippen LogP contribution is -2.43. The summed E-state index contributed by atoms with van der Waals surface area (Å²) in [5, 5.41) is 13.2. The molecule has 0 saturated heterocycles. The van der Waals surface area contributed by atoms with Crippen LogP contribution in [-0.2, 0) is 13.0 Å². The first-order valence-electron chi connectivity index (χ1n) is 7.28. The van der Waals surface area contributed by atoms with Crippen molar-refractivity contribution in [1.82, 2.24) is 5.32 Å². The van der Waals surface area contributed by atoms with Crippen LogP contribution in [0, 0.1) is 11.6 Å². The standard InChI is InChI=1S/C17H19BrF2N2O/c18-13-3-1-2-11(4-13)9-22-10-17(23)16(21)7-12-5-14(19)8-15(20)6-12/h1-6,8,16-17,22-23H,7,9-10,21H2/t16?,17-/m1/s1. The Hall–Kier alpha value is -1.34. The van der Waals surface area contributed by atoms with E-state index in [2.05, 4.69) is 21.2 Å². The van der Waals surface area contributed by atoms with Gasteiger partial charge in [0, 0.05) is 29.7 Å². The highest BCUT2D eigenvalue weighted by Crippen LogP contribution is 2.12. The van der Waals surface area contributed by atoms with Crippen molar-refractivity contribution < 1.29 is 13.9 Å². The molecule has 0 heterocycles. The fraction of sp³-hybridized carbons (Fsp3) is 0.294. The highest BCUT2D eigenvalue weighted by atomic mass is 79.9. The van der Waals surface area contributed by atoms with Gasteiger partial charge >= 0.3 is 0 Å². The van der Waals surface area contributed by atoms with E-state index in [1.54, 1.807) is 0 Å². The SMILES string of the molecule is NC(Cc1cc(F)cc(F)c1)[C@H](O)CNCc1cccc(Br)c1. The molecule has 3 nitrogen and oxygen atoms in total. The summed E-state index contributed by atoms with van der Waals surface area (Å²) in [7, 11) is 0. The number of halogens is 3. The first-order chi connectivity index (χ1) is 10.9. The number of nitrogens with two attached hydrogens (primary N) is 1. The molecule has 0 bridgehead atoms. The minimum atomic E-state index is -0.812. The van der Waals surface area contributed by atoms with Crippen LogP contribution in [0.1, 0.15) is 11.1 Å². The van der Waals surface area contributed by atoms with Gasteiger partial charge in [-0.15, -0.1) is 0 Å². The molecule has 0 aliphatic rings. The molecule has 2 aromatic carbocycles. The van der Waals surface area contributed by atoms with Crippen LogP contribution in [0.15, 0.2) is 46.9 Å². The van der Waals surface area contributed by atoms with Crippen LogP contribution in [0.3, 0.4) is 0 Å². The monoisotopic (exact) mass is 384 g/mol. The summed E-state index contributed by atoms with van der Waals surface area (Å²) in [6.45, 7) is 0.892. The van der Waals surface area contributed by atoms with Gasteiger partial charge in [-0.2, -0.15) is 0 Å². The first-order valence-corrected chi connectivity index (χ1v) is 8.07. The number of rotatable bonds is 7. The van der Waals surface area contributed by atoms with Crippen molar-refractivity contribution in [1.29, 1.82) is 0 Å². The van der Waals surface area contributed by atoms with Crippen LogP contribution in [0.4, 0.5) is 8.78 Å². The molecular weight excluding hydrogens is 366 g/mol. The maximum atomic E-state index is 13.1. The zero-order chi connectivity index (χ0) is 16.8. The minimum absolute atomic E-state index is 0.203. The van der Waals surface area contributed by atoms with Crippen molar-refractivity contribution in [3.8, 4) is 0 Å². The van der Waals surface area contributed by atoms with Gasteiger partial charge in [0.1, 0.15) is 11.6 Å². The van der Waals surface area contributed by atoms with Gasteiger partial charge in [0.2, 0.25) is 0 Å². The summed E-state index contributed by atoms with van der Waals surface area (Å²) in [6, 6.07) is 10.5. The molecule has 2 aromatic rings. The molecular formula is C17H19BrF2N2O. The number of hydrogen-bond donors (Lipinski definition) is 3. The Bertz CT molecular complexity index is 634. The molecule has 2 atom stereocenters. The molecule has 23 heavy (non-hydrogen) atoms. The summed E-state index contributed by atoms with van der Waals surface area (Å²) >= 11 is 3.40. The number of hydrogen-bond acceptors (Lipinski definition) is 3. The van der Waals surface area contributed by atoms with E-state index in [0.29, 0.717) is 18.7 Å². The average molecular weight is 385 g/mol. The van der Waals surface area contributed by atoms with E-state index in [0.717, 1.165) is 16.1 Å². The van der Waals surface area contributed by atoms with Crippen molar-refractivity contribution >= 4 is 15.9 Å². The van der Waals surface area contributed by atoms with E-state index in [1.165, 1.54) is 12.1 Å². The van der Waals surface area contributed by atoms with Gasteiger partial charge in [-0.3, -0.25) is 0 Å². The Labute approximate surface area is 142 Å². The Morgan fingerprint density at radius 2 is 1.78 bits per heavy atom. The normalized spacial score (nSPS) is 13.8. The van der Waals surface area contributed by atoms with Gasteiger partial charge in [0.05, 0.1) is 6.10 Å². The lowest BCUT2D eigenvalue weighted by atomic mass is 10.0. The van der Waals surface area contributed by atoms with Crippen molar-refractivity contribution in [2.75, 3.05) is 6.54 Å². The summed E-state index contributed by atoms with van der Waals surface area (Å²) in [5.41, 5.74) is 7.42. The topological polar surface area (TPSA) is 58.3 Å². The molecule has 4 N–H and O–H groups in total. The second-order valence-corrected chi connectivity index (χ2v) is 6.39. The summed E-state index contributed by atoms with van der Waals surface area (Å²) in [5.74, 6) is -1.29. The summed E-state index contributed by atoms with van der Waals surface area (Å²) in [4.78, 5) is 0. The maximum absolute atomic E-state index is 13.1. The average Bonchev–Trinajstić information content (AvgIpc) is 2.46. The Morgan fingerprint density at radius 3 is 2.43 bits per heavy atom. The fourth-order valence-corrected chi connectivity index (χ4v) is 2.75. The fourth-order valence-electron chi connectivity index (χ4n) is 2.30. The van der Waals surface area contributed by atoms with Gasteiger partial charge < -0.3 is 16.2 Å². The van der Waals surface area contributed by atoms with Gasteiger partial charge in [-0.05, 0) is 41.8 Å². The zero-order valence-corrected chi connectivity index (χ0v) is 14.1. The number of benzene rings is 2. The first kappa shape index (κ1) is 18.0. The summed E-state index contributed by atoms with van der Waals surface area (Å²) < 4.78 is 27.3. The predicted octanol–water partition coefficient (Wildman–Crippen LogP) is 2.75.